The van der Waals surface area contributed by atoms with Crippen LogP contribution in [0.25, 0.3) is 0 Å². The Balaban J connectivity index is 2.00. The van der Waals surface area contributed by atoms with Crippen LogP contribution in [0.5, 0.6) is 0 Å². The summed E-state index contributed by atoms with van der Waals surface area (Å²) in [6.45, 7) is 8.28. The summed E-state index contributed by atoms with van der Waals surface area (Å²) in [4.78, 5) is 29.0. The Bertz CT molecular complexity index is 1130. The summed E-state index contributed by atoms with van der Waals surface area (Å²) < 4.78 is 0.943. The quantitative estimate of drug-likeness (QED) is 0.389. The molecule has 0 heterocycles. The molecule has 1 atom stereocenters. The minimum atomic E-state index is -0.624. The summed E-state index contributed by atoms with van der Waals surface area (Å²) >= 11 is 3.53. The molecule has 0 spiro atoms. The van der Waals surface area contributed by atoms with Crippen molar-refractivity contribution in [3.8, 4) is 0 Å². The molecule has 178 valence electrons. The number of benzene rings is 3. The maximum atomic E-state index is 13.8. The van der Waals surface area contributed by atoms with Gasteiger partial charge in [0.1, 0.15) is 6.04 Å². The number of hydrogen-bond donors (Lipinski definition) is 1. The first-order valence-corrected chi connectivity index (χ1v) is 12.5. The summed E-state index contributed by atoms with van der Waals surface area (Å²) in [6, 6.07) is 23.3. The maximum absolute atomic E-state index is 13.8. The molecule has 3 aromatic rings. The molecule has 3 aromatic carbocycles. The monoisotopic (exact) mass is 520 g/mol. The summed E-state index contributed by atoms with van der Waals surface area (Å²) in [6.07, 6.45) is 0.702. The zero-order valence-electron chi connectivity index (χ0n) is 20.3. The van der Waals surface area contributed by atoms with E-state index in [1.165, 1.54) is 0 Å². The number of halogens is 1. The van der Waals surface area contributed by atoms with Gasteiger partial charge >= 0.3 is 0 Å². The Morgan fingerprint density at radius 1 is 0.912 bits per heavy atom. The van der Waals surface area contributed by atoms with Crippen molar-refractivity contribution in [3.63, 3.8) is 0 Å². The predicted molar refractivity (Wildman–Crippen MR) is 142 cm³/mol. The van der Waals surface area contributed by atoms with Gasteiger partial charge in [-0.2, -0.15) is 0 Å². The molecule has 0 saturated carbocycles. The predicted octanol–water partition coefficient (Wildman–Crippen LogP) is 5.77. The van der Waals surface area contributed by atoms with E-state index in [1.807, 2.05) is 88.4 Å². The second-order valence-corrected chi connectivity index (χ2v) is 10.0. The minimum absolute atomic E-state index is 0.0207. The number of nitrogens with zero attached hydrogens (tertiary/aromatic N) is 1. The van der Waals surface area contributed by atoms with Crippen molar-refractivity contribution in [1.29, 1.82) is 0 Å². The topological polar surface area (TPSA) is 49.4 Å². The molecule has 0 aliphatic carbocycles. The largest absolute Gasteiger partial charge is 0.352 e. The van der Waals surface area contributed by atoms with Gasteiger partial charge in [0.2, 0.25) is 11.8 Å². The first kappa shape index (κ1) is 25.7. The molecule has 0 radical (unpaired) electrons. The lowest BCUT2D eigenvalue weighted by Gasteiger charge is -2.32. The lowest BCUT2D eigenvalue weighted by Crippen LogP contribution is -2.52. The van der Waals surface area contributed by atoms with E-state index in [9.17, 15) is 9.59 Å². The molecule has 4 nitrogen and oxygen atoms in total. The molecule has 0 aliphatic heterocycles. The van der Waals surface area contributed by atoms with Crippen LogP contribution in [0.2, 0.25) is 0 Å². The van der Waals surface area contributed by atoms with Gasteiger partial charge in [-0.25, -0.2) is 0 Å². The maximum Gasteiger partial charge on any atom is 0.243 e. The van der Waals surface area contributed by atoms with Crippen molar-refractivity contribution in [1.82, 2.24) is 10.2 Å². The van der Waals surface area contributed by atoms with E-state index < -0.39 is 6.04 Å². The lowest BCUT2D eigenvalue weighted by atomic mass is 9.99. The highest BCUT2D eigenvalue weighted by Crippen LogP contribution is 2.20. The number of rotatable bonds is 9. The molecule has 0 fully saturated rings. The molecule has 5 heteroatoms. The molecule has 0 bridgehead atoms. The first-order chi connectivity index (χ1) is 16.2. The Morgan fingerprint density at radius 2 is 1.62 bits per heavy atom. The summed E-state index contributed by atoms with van der Waals surface area (Å²) in [5.74, 6) is -0.198. The van der Waals surface area contributed by atoms with Crippen LogP contribution in [0.15, 0.2) is 77.3 Å². The van der Waals surface area contributed by atoms with E-state index >= 15 is 0 Å². The number of hydrogen-bond acceptors (Lipinski definition) is 2. The Hall–Kier alpha value is -2.92. The van der Waals surface area contributed by atoms with Gasteiger partial charge in [-0.05, 0) is 62.1 Å². The van der Waals surface area contributed by atoms with Crippen molar-refractivity contribution >= 4 is 27.7 Å². The fourth-order valence-corrected chi connectivity index (χ4v) is 4.47. The van der Waals surface area contributed by atoms with E-state index in [1.54, 1.807) is 4.90 Å². The van der Waals surface area contributed by atoms with E-state index in [-0.39, 0.29) is 24.3 Å². The van der Waals surface area contributed by atoms with Crippen LogP contribution in [-0.2, 0) is 29.0 Å². The van der Waals surface area contributed by atoms with Crippen LogP contribution in [0, 0.1) is 13.8 Å². The van der Waals surface area contributed by atoms with Crippen LogP contribution >= 0.6 is 15.9 Å². The van der Waals surface area contributed by atoms with Gasteiger partial charge in [0.15, 0.2) is 0 Å². The zero-order valence-corrected chi connectivity index (χ0v) is 21.9. The number of nitrogens with one attached hydrogen (secondary N) is 1. The van der Waals surface area contributed by atoms with Gasteiger partial charge in [-0.1, -0.05) is 82.2 Å². The molecule has 34 heavy (non-hydrogen) atoms. The van der Waals surface area contributed by atoms with Crippen molar-refractivity contribution in [2.24, 2.45) is 0 Å². The van der Waals surface area contributed by atoms with E-state index in [0.29, 0.717) is 13.0 Å². The third-order valence-corrected chi connectivity index (χ3v) is 6.28. The smallest absolute Gasteiger partial charge is 0.243 e. The highest BCUT2D eigenvalue weighted by atomic mass is 79.9. The highest BCUT2D eigenvalue weighted by molar-refractivity contribution is 9.10. The number of amides is 2. The average molecular weight is 521 g/mol. The first-order valence-electron chi connectivity index (χ1n) is 11.7. The van der Waals surface area contributed by atoms with Crippen LogP contribution in [0.3, 0.4) is 0 Å². The second-order valence-electron chi connectivity index (χ2n) is 9.13. The van der Waals surface area contributed by atoms with Gasteiger partial charge in [0, 0.05) is 23.5 Å². The summed E-state index contributed by atoms with van der Waals surface area (Å²) in [7, 11) is 0. The average Bonchev–Trinajstić information content (AvgIpc) is 2.79. The van der Waals surface area contributed by atoms with Crippen LogP contribution in [0.1, 0.15) is 41.7 Å². The van der Waals surface area contributed by atoms with Gasteiger partial charge in [0.25, 0.3) is 0 Å². The number of carbonyl (C=O) groups is 2. The van der Waals surface area contributed by atoms with Crippen molar-refractivity contribution in [2.45, 2.75) is 59.2 Å². The summed E-state index contributed by atoms with van der Waals surface area (Å²) in [5.41, 5.74) is 5.18. The molecule has 1 N–H and O–H groups in total. The fraction of sp³-hybridized carbons (Fsp3) is 0.310. The van der Waals surface area contributed by atoms with Gasteiger partial charge < -0.3 is 10.2 Å². The third-order valence-electron chi connectivity index (χ3n) is 5.79. The molecular weight excluding hydrogens is 488 g/mol. The lowest BCUT2D eigenvalue weighted by molar-refractivity contribution is -0.141. The summed E-state index contributed by atoms with van der Waals surface area (Å²) in [5, 5.41) is 3.04. The molecule has 0 aliphatic rings. The minimum Gasteiger partial charge on any atom is -0.352 e. The van der Waals surface area contributed by atoms with Crippen molar-refractivity contribution in [2.75, 3.05) is 0 Å². The van der Waals surface area contributed by atoms with Crippen LogP contribution in [-0.4, -0.2) is 28.8 Å². The second kappa shape index (κ2) is 12.0. The molecule has 3 rings (SSSR count). The Morgan fingerprint density at radius 3 is 2.29 bits per heavy atom. The number of aryl methyl sites for hydroxylation is 2. The SMILES string of the molecule is Cc1ccc(C)c(CC(=O)N(Cc2cccc(Br)c2)[C@@H](Cc2ccccc2)C(=O)NC(C)C)c1. The molecule has 0 unspecified atom stereocenters. The zero-order chi connectivity index (χ0) is 24.7. The van der Waals surface area contributed by atoms with Gasteiger partial charge in [-0.15, -0.1) is 0 Å². The van der Waals surface area contributed by atoms with E-state index in [2.05, 4.69) is 33.4 Å². The van der Waals surface area contributed by atoms with E-state index in [0.717, 1.165) is 32.3 Å². The van der Waals surface area contributed by atoms with Crippen LogP contribution in [0.4, 0.5) is 0 Å². The van der Waals surface area contributed by atoms with Gasteiger partial charge in [-0.3, -0.25) is 9.59 Å². The third kappa shape index (κ3) is 7.29. The molecule has 2 amide bonds. The Labute approximate surface area is 211 Å². The highest BCUT2D eigenvalue weighted by Gasteiger charge is 2.31. The van der Waals surface area contributed by atoms with Gasteiger partial charge in [0.05, 0.1) is 6.42 Å². The van der Waals surface area contributed by atoms with E-state index in [4.69, 9.17) is 0 Å². The Kier molecular flexibility index (Phi) is 9.05. The van der Waals surface area contributed by atoms with Crippen molar-refractivity contribution in [3.05, 3.63) is 105 Å². The number of carbonyl (C=O) groups excluding carboxylic acids is 2. The standard InChI is InChI=1S/C29H33BrN2O2/c1-20(2)31-29(34)27(17-23-9-6-5-7-10-23)32(19-24-11-8-12-26(30)16-24)28(33)18-25-15-21(3)13-14-22(25)4/h5-16,20,27H,17-19H2,1-4H3,(H,31,34)/t27-/m0/s1. The normalized spacial score (nSPS) is 11.8. The molecule has 0 saturated heterocycles. The molecule has 0 aromatic heterocycles. The van der Waals surface area contributed by atoms with Crippen molar-refractivity contribution < 1.29 is 9.59 Å². The van der Waals surface area contributed by atoms with Crippen LogP contribution < -0.4 is 5.32 Å². The fourth-order valence-electron chi connectivity index (χ4n) is 4.02. The molecular formula is C29H33BrN2O2.